The molecule has 0 spiro atoms. The van der Waals surface area contributed by atoms with Crippen LogP contribution in [-0.2, 0) is 9.53 Å². The lowest BCUT2D eigenvalue weighted by Gasteiger charge is -2.06. The van der Waals surface area contributed by atoms with E-state index in [0.29, 0.717) is 34.5 Å². The first kappa shape index (κ1) is 22.2. The first-order chi connectivity index (χ1) is 14.3. The van der Waals surface area contributed by atoms with Crippen LogP contribution in [0.15, 0.2) is 35.4 Å². The molecule has 158 valence electrons. The van der Waals surface area contributed by atoms with Gasteiger partial charge in [0, 0.05) is 17.6 Å². The number of carbonyl (C=O) groups excluding carboxylic acids is 2. The Morgan fingerprint density at radius 3 is 2.73 bits per heavy atom. The molecule has 0 atom stereocenters. The molecule has 0 radical (unpaired) electrons. The smallest absolute Gasteiger partial charge is 0.350 e. The van der Waals surface area contributed by atoms with Crippen molar-refractivity contribution in [1.82, 2.24) is 9.97 Å². The van der Waals surface area contributed by atoms with Gasteiger partial charge in [-0.1, -0.05) is 43.4 Å². The highest BCUT2D eigenvalue weighted by Gasteiger charge is 2.18. The second-order valence-electron chi connectivity index (χ2n) is 7.37. The molecule has 8 heteroatoms. The van der Waals surface area contributed by atoms with E-state index in [1.807, 2.05) is 38.1 Å². The highest BCUT2D eigenvalue weighted by Crippen LogP contribution is 2.26. The number of thiazole rings is 1. The number of hydrogen-bond acceptors (Lipinski definition) is 7. The maximum Gasteiger partial charge on any atom is 0.350 e. The van der Waals surface area contributed by atoms with Crippen molar-refractivity contribution in [2.24, 2.45) is 5.92 Å². The number of aryl methyl sites for hydroxylation is 2. The van der Waals surface area contributed by atoms with Crippen LogP contribution in [0.5, 0.6) is 0 Å². The molecule has 0 saturated heterocycles. The Morgan fingerprint density at radius 1 is 1.20 bits per heavy atom. The highest BCUT2D eigenvalue weighted by molar-refractivity contribution is 7.99. The molecular weight excluding hydrogens is 418 g/mol. The van der Waals surface area contributed by atoms with E-state index in [9.17, 15) is 9.59 Å². The number of amides is 1. The van der Waals surface area contributed by atoms with Gasteiger partial charge >= 0.3 is 5.97 Å². The molecule has 2 aromatic heterocycles. The van der Waals surface area contributed by atoms with Crippen LogP contribution in [0.25, 0.3) is 10.9 Å². The fraction of sp³-hybridized carbons (Fsp3) is 0.364. The molecule has 1 N–H and O–H groups in total. The van der Waals surface area contributed by atoms with Crippen LogP contribution in [0, 0.1) is 19.8 Å². The number of para-hydroxylation sites is 1. The van der Waals surface area contributed by atoms with Crippen molar-refractivity contribution in [3.63, 3.8) is 0 Å². The van der Waals surface area contributed by atoms with Gasteiger partial charge in [-0.15, -0.1) is 11.8 Å². The summed E-state index contributed by atoms with van der Waals surface area (Å²) in [6, 6.07) is 10.1. The van der Waals surface area contributed by atoms with Crippen LogP contribution in [0.4, 0.5) is 5.13 Å². The average Bonchev–Trinajstić information content (AvgIpc) is 3.06. The lowest BCUT2D eigenvalue weighted by atomic mass is 10.1. The Hall–Kier alpha value is -2.45. The number of ether oxygens (including phenoxy) is 1. The van der Waals surface area contributed by atoms with Gasteiger partial charge in [0.1, 0.15) is 4.88 Å². The first-order valence-corrected chi connectivity index (χ1v) is 11.6. The van der Waals surface area contributed by atoms with Crippen molar-refractivity contribution in [2.45, 2.75) is 39.1 Å². The number of carbonyl (C=O) groups is 2. The molecule has 0 bridgehead atoms. The van der Waals surface area contributed by atoms with Gasteiger partial charge < -0.3 is 10.1 Å². The molecule has 3 aromatic rings. The molecule has 2 heterocycles. The number of benzene rings is 1. The highest BCUT2D eigenvalue weighted by atomic mass is 32.2. The van der Waals surface area contributed by atoms with Gasteiger partial charge in [-0.2, -0.15) is 0 Å². The average molecular weight is 444 g/mol. The topological polar surface area (TPSA) is 81.2 Å². The van der Waals surface area contributed by atoms with E-state index in [1.54, 1.807) is 18.7 Å². The first-order valence-electron chi connectivity index (χ1n) is 9.77. The van der Waals surface area contributed by atoms with E-state index in [-0.39, 0.29) is 11.8 Å². The van der Waals surface area contributed by atoms with Crippen LogP contribution < -0.4 is 5.32 Å². The largest absolute Gasteiger partial charge is 0.461 e. The van der Waals surface area contributed by atoms with Crippen LogP contribution >= 0.6 is 23.1 Å². The predicted molar refractivity (Wildman–Crippen MR) is 122 cm³/mol. The summed E-state index contributed by atoms with van der Waals surface area (Å²) < 4.78 is 5.25. The Morgan fingerprint density at radius 2 is 1.97 bits per heavy atom. The van der Waals surface area contributed by atoms with E-state index < -0.39 is 5.97 Å². The number of aromatic nitrogens is 2. The molecule has 3 rings (SSSR count). The lowest BCUT2D eigenvalue weighted by Crippen LogP contribution is -2.12. The third kappa shape index (κ3) is 5.79. The zero-order valence-electron chi connectivity index (χ0n) is 17.5. The van der Waals surface area contributed by atoms with Gasteiger partial charge in [-0.3, -0.25) is 4.79 Å². The quantitative estimate of drug-likeness (QED) is 0.379. The lowest BCUT2D eigenvalue weighted by molar-refractivity contribution is -0.115. The minimum absolute atomic E-state index is 0.143. The van der Waals surface area contributed by atoms with E-state index >= 15 is 0 Å². The van der Waals surface area contributed by atoms with E-state index in [1.165, 1.54) is 5.56 Å². The molecule has 0 saturated carbocycles. The molecule has 1 aromatic carbocycles. The maximum absolute atomic E-state index is 12.3. The number of nitrogens with one attached hydrogen (secondary N) is 1. The Labute approximate surface area is 184 Å². The molecule has 0 aliphatic rings. The zero-order chi connectivity index (χ0) is 21.7. The summed E-state index contributed by atoms with van der Waals surface area (Å²) in [6.45, 7) is 8.12. The summed E-state index contributed by atoms with van der Waals surface area (Å²) >= 11 is 2.69. The summed E-state index contributed by atoms with van der Waals surface area (Å²) in [6.07, 6.45) is 0.323. The maximum atomic E-state index is 12.3. The van der Waals surface area contributed by atoms with Gasteiger partial charge in [0.25, 0.3) is 0 Å². The second-order valence-corrected chi connectivity index (χ2v) is 9.48. The van der Waals surface area contributed by atoms with Crippen LogP contribution in [0.3, 0.4) is 0 Å². The van der Waals surface area contributed by atoms with Crippen molar-refractivity contribution < 1.29 is 14.3 Å². The molecule has 1 amide bonds. The Kier molecular flexibility index (Phi) is 7.44. The number of nitrogens with zero attached hydrogens (tertiary/aromatic N) is 2. The monoisotopic (exact) mass is 443 g/mol. The number of pyridine rings is 1. The van der Waals surface area contributed by atoms with Crippen molar-refractivity contribution in [2.75, 3.05) is 17.7 Å². The molecule has 30 heavy (non-hydrogen) atoms. The SMILES string of the molecule is Cc1nc(NC(=O)CCSc2cc(C)c3ccccc3n2)sc1C(=O)OCC(C)C. The fourth-order valence-electron chi connectivity index (χ4n) is 2.77. The number of rotatable bonds is 8. The standard InChI is InChI=1S/C22H25N3O3S2/c1-13(2)12-28-21(27)20-15(4)23-22(30-20)25-18(26)9-10-29-19-11-14(3)16-7-5-6-8-17(16)24-19/h5-8,11,13H,9-10,12H2,1-4H3,(H,23,25,26). The van der Waals surface area contributed by atoms with Gasteiger partial charge in [0.15, 0.2) is 5.13 Å². The number of anilines is 1. The van der Waals surface area contributed by atoms with Crippen LogP contribution in [0.1, 0.15) is 41.2 Å². The van der Waals surface area contributed by atoms with Gasteiger partial charge in [-0.05, 0) is 37.5 Å². The molecule has 0 fully saturated rings. The van der Waals surface area contributed by atoms with Crippen molar-refractivity contribution in [3.8, 4) is 0 Å². The summed E-state index contributed by atoms with van der Waals surface area (Å²) in [5, 5.41) is 5.23. The van der Waals surface area contributed by atoms with E-state index in [2.05, 4.69) is 28.3 Å². The molecule has 0 aliphatic carbocycles. The number of hydrogen-bond donors (Lipinski definition) is 1. The summed E-state index contributed by atoms with van der Waals surface area (Å²) in [5.41, 5.74) is 2.69. The third-order valence-electron chi connectivity index (χ3n) is 4.25. The third-order valence-corrected chi connectivity index (χ3v) is 6.22. The van der Waals surface area contributed by atoms with E-state index in [4.69, 9.17) is 4.74 Å². The van der Waals surface area contributed by atoms with Crippen molar-refractivity contribution in [1.29, 1.82) is 0 Å². The minimum Gasteiger partial charge on any atom is -0.461 e. The van der Waals surface area contributed by atoms with Gasteiger partial charge in [0.05, 0.1) is 22.8 Å². The number of esters is 1. The van der Waals surface area contributed by atoms with Crippen molar-refractivity contribution in [3.05, 3.63) is 46.5 Å². The molecule has 0 aliphatic heterocycles. The van der Waals surface area contributed by atoms with Crippen molar-refractivity contribution >= 4 is 51.0 Å². The summed E-state index contributed by atoms with van der Waals surface area (Å²) in [7, 11) is 0. The second kappa shape index (κ2) is 10.0. The number of fused-ring (bicyclic) bond motifs is 1. The Bertz CT molecular complexity index is 1060. The zero-order valence-corrected chi connectivity index (χ0v) is 19.2. The molecular formula is C22H25N3O3S2. The van der Waals surface area contributed by atoms with Crippen LogP contribution in [0.2, 0.25) is 0 Å². The molecule has 0 unspecified atom stereocenters. The van der Waals surface area contributed by atoms with Gasteiger partial charge in [0.2, 0.25) is 5.91 Å². The molecule has 6 nitrogen and oxygen atoms in total. The minimum atomic E-state index is -0.396. The summed E-state index contributed by atoms with van der Waals surface area (Å²) in [5.74, 6) is 0.327. The van der Waals surface area contributed by atoms with Gasteiger partial charge in [-0.25, -0.2) is 14.8 Å². The van der Waals surface area contributed by atoms with E-state index in [0.717, 1.165) is 27.3 Å². The summed E-state index contributed by atoms with van der Waals surface area (Å²) in [4.78, 5) is 33.8. The fourth-order valence-corrected chi connectivity index (χ4v) is 4.57. The normalized spacial score (nSPS) is 11.1. The Balaban J connectivity index is 1.53. The number of thioether (sulfide) groups is 1. The predicted octanol–water partition coefficient (Wildman–Crippen LogP) is 5.24. The van der Waals surface area contributed by atoms with Crippen LogP contribution in [-0.4, -0.2) is 34.2 Å².